The van der Waals surface area contributed by atoms with Crippen molar-refractivity contribution < 1.29 is 4.92 Å². The van der Waals surface area contributed by atoms with Crippen molar-refractivity contribution in [2.24, 2.45) is 9.98 Å². The minimum atomic E-state index is -0.490. The van der Waals surface area contributed by atoms with E-state index in [1.54, 1.807) is 0 Å². The van der Waals surface area contributed by atoms with Crippen molar-refractivity contribution in [2.45, 2.75) is 37.8 Å². The molecule has 6 heteroatoms. The highest BCUT2D eigenvalue weighted by atomic mass is 35.5. The minimum Gasteiger partial charge on any atom is -0.258 e. The summed E-state index contributed by atoms with van der Waals surface area (Å²) >= 11 is 6.07. The molecular weight excluding hydrogens is 254 g/mol. The largest absolute Gasteiger partial charge is 0.296 e. The fourth-order valence-corrected chi connectivity index (χ4v) is 2.89. The molecule has 1 aliphatic heterocycles. The number of halogens is 1. The first-order valence-electron chi connectivity index (χ1n) is 6.04. The van der Waals surface area contributed by atoms with Crippen molar-refractivity contribution >= 4 is 17.3 Å². The highest BCUT2D eigenvalue weighted by Crippen LogP contribution is 2.33. The van der Waals surface area contributed by atoms with Crippen molar-refractivity contribution in [1.29, 1.82) is 0 Å². The van der Waals surface area contributed by atoms with Crippen LogP contribution < -0.4 is 10.7 Å². The molecule has 0 bridgehead atoms. The summed E-state index contributed by atoms with van der Waals surface area (Å²) in [5.41, 5.74) is -0.489. The van der Waals surface area contributed by atoms with Crippen LogP contribution in [-0.4, -0.2) is 10.6 Å². The Bertz CT molecular complexity index is 635. The zero-order valence-electron chi connectivity index (χ0n) is 9.73. The molecule has 0 saturated heterocycles. The zero-order valence-corrected chi connectivity index (χ0v) is 10.5. The normalized spacial score (nSPS) is 20.1. The number of hydrogen-bond donors (Lipinski definition) is 0. The van der Waals surface area contributed by atoms with Gasteiger partial charge in [-0.15, -0.1) is 0 Å². The smallest absolute Gasteiger partial charge is 0.258 e. The Labute approximate surface area is 108 Å². The second-order valence-electron chi connectivity index (χ2n) is 4.79. The maximum atomic E-state index is 11.0. The number of non-ortho nitro benzene ring substituents is 1. The van der Waals surface area contributed by atoms with Crippen LogP contribution in [0.2, 0.25) is 5.02 Å². The summed E-state index contributed by atoms with van der Waals surface area (Å²) in [6.07, 6.45) is 5.02. The Hall–Kier alpha value is -1.49. The van der Waals surface area contributed by atoms with E-state index >= 15 is 0 Å². The number of nitrogens with zero attached hydrogens (tertiary/aromatic N) is 3. The lowest BCUT2D eigenvalue weighted by atomic mass is 9.90. The number of benzene rings is 1. The van der Waals surface area contributed by atoms with E-state index < -0.39 is 10.6 Å². The van der Waals surface area contributed by atoms with E-state index in [4.69, 9.17) is 11.6 Å². The summed E-state index contributed by atoms with van der Waals surface area (Å²) < 4.78 is 0. The van der Waals surface area contributed by atoms with Gasteiger partial charge in [-0.05, 0) is 31.7 Å². The Morgan fingerprint density at radius 2 is 1.83 bits per heavy atom. The van der Waals surface area contributed by atoms with Crippen LogP contribution in [-0.2, 0) is 0 Å². The molecule has 1 heterocycles. The van der Waals surface area contributed by atoms with Crippen LogP contribution >= 0.6 is 11.6 Å². The minimum absolute atomic E-state index is 0.000554. The number of hydrogen-bond acceptors (Lipinski definition) is 4. The number of nitro benzene ring substituents is 1. The molecule has 1 saturated carbocycles. The van der Waals surface area contributed by atoms with Crippen LogP contribution in [0.5, 0.6) is 0 Å². The average molecular weight is 266 g/mol. The van der Waals surface area contributed by atoms with Gasteiger partial charge in [-0.25, -0.2) is 4.99 Å². The average Bonchev–Trinajstić information content (AvgIpc) is 2.70. The molecule has 1 aliphatic carbocycles. The van der Waals surface area contributed by atoms with Gasteiger partial charge in [0.1, 0.15) is 5.36 Å². The lowest BCUT2D eigenvalue weighted by molar-refractivity contribution is -0.386. The van der Waals surface area contributed by atoms with Crippen molar-refractivity contribution in [3.05, 3.63) is 38.0 Å². The van der Waals surface area contributed by atoms with E-state index in [1.807, 2.05) is 0 Å². The molecule has 2 aliphatic rings. The second kappa shape index (κ2) is 4.02. The van der Waals surface area contributed by atoms with E-state index in [2.05, 4.69) is 9.98 Å². The Kier molecular flexibility index (Phi) is 2.59. The number of fused-ring (bicyclic) bond motifs is 1. The molecule has 3 rings (SSSR count). The van der Waals surface area contributed by atoms with E-state index in [9.17, 15) is 10.1 Å². The van der Waals surface area contributed by atoms with Gasteiger partial charge >= 0.3 is 0 Å². The SMILES string of the molecule is O=[N+]([O-])c1ccc(Cl)c2c1=NC1(CCCCC1)N=2. The van der Waals surface area contributed by atoms with Crippen LogP contribution in [0, 0.1) is 10.1 Å². The van der Waals surface area contributed by atoms with Crippen molar-refractivity contribution in [2.75, 3.05) is 0 Å². The molecule has 1 aromatic rings. The first kappa shape index (κ1) is 11.6. The lowest BCUT2D eigenvalue weighted by Crippen LogP contribution is -2.26. The van der Waals surface area contributed by atoms with Gasteiger partial charge < -0.3 is 0 Å². The Balaban J connectivity index is 2.24. The summed E-state index contributed by atoms with van der Waals surface area (Å²) in [7, 11) is 0. The van der Waals surface area contributed by atoms with E-state index in [-0.39, 0.29) is 5.69 Å². The maximum Gasteiger partial charge on any atom is 0.296 e. The molecule has 18 heavy (non-hydrogen) atoms. The monoisotopic (exact) mass is 265 g/mol. The standard InChI is InChI=1S/C12H12ClN3O2/c13-8-4-5-9(16(17)18)11-10(8)14-12(15-11)6-2-1-3-7-12/h4-5H,1-3,6-7H2. The molecule has 0 unspecified atom stereocenters. The van der Waals surface area contributed by atoms with Crippen LogP contribution in [0.3, 0.4) is 0 Å². The third-order valence-electron chi connectivity index (χ3n) is 3.57. The van der Waals surface area contributed by atoms with Gasteiger partial charge in [-0.1, -0.05) is 18.0 Å². The lowest BCUT2D eigenvalue weighted by Gasteiger charge is -2.27. The zero-order chi connectivity index (χ0) is 12.8. The predicted molar refractivity (Wildman–Crippen MR) is 66.2 cm³/mol. The van der Waals surface area contributed by atoms with Gasteiger partial charge in [0.2, 0.25) is 0 Å². The van der Waals surface area contributed by atoms with Crippen molar-refractivity contribution in [3.63, 3.8) is 0 Å². The quantitative estimate of drug-likeness (QED) is 0.577. The molecule has 5 nitrogen and oxygen atoms in total. The van der Waals surface area contributed by atoms with Gasteiger partial charge in [0, 0.05) is 6.07 Å². The van der Waals surface area contributed by atoms with Crippen molar-refractivity contribution in [3.8, 4) is 0 Å². The second-order valence-corrected chi connectivity index (χ2v) is 5.19. The fourth-order valence-electron chi connectivity index (χ4n) is 2.69. The molecule has 0 atom stereocenters. The molecule has 0 aromatic heterocycles. The molecular formula is C12H12ClN3O2. The molecule has 1 fully saturated rings. The maximum absolute atomic E-state index is 11.0. The van der Waals surface area contributed by atoms with E-state index in [0.717, 1.165) is 25.7 Å². The third-order valence-corrected chi connectivity index (χ3v) is 3.88. The Morgan fingerprint density at radius 1 is 1.17 bits per heavy atom. The van der Waals surface area contributed by atoms with Crippen LogP contribution in [0.4, 0.5) is 5.69 Å². The third kappa shape index (κ3) is 1.70. The molecule has 0 radical (unpaired) electrons. The molecule has 1 spiro atoms. The summed E-state index contributed by atoms with van der Waals surface area (Å²) in [6, 6.07) is 2.93. The predicted octanol–water partition coefficient (Wildman–Crippen LogP) is 2.16. The van der Waals surface area contributed by atoms with Gasteiger partial charge in [-0.3, -0.25) is 15.1 Å². The van der Waals surface area contributed by atoms with Crippen molar-refractivity contribution in [1.82, 2.24) is 0 Å². The van der Waals surface area contributed by atoms with Crippen LogP contribution in [0.1, 0.15) is 32.1 Å². The molecule has 94 valence electrons. The summed E-state index contributed by atoms with van der Waals surface area (Å²) in [4.78, 5) is 19.7. The highest BCUT2D eigenvalue weighted by molar-refractivity contribution is 6.30. The molecule has 1 aromatic carbocycles. The highest BCUT2D eigenvalue weighted by Gasteiger charge is 2.35. The fraction of sp³-hybridized carbons (Fsp3) is 0.500. The van der Waals surface area contributed by atoms with E-state index in [0.29, 0.717) is 15.7 Å². The van der Waals surface area contributed by atoms with Gasteiger partial charge in [-0.2, -0.15) is 0 Å². The number of rotatable bonds is 1. The van der Waals surface area contributed by atoms with E-state index in [1.165, 1.54) is 18.6 Å². The van der Waals surface area contributed by atoms with Gasteiger partial charge in [0.05, 0.1) is 9.95 Å². The van der Waals surface area contributed by atoms with Crippen LogP contribution in [0.15, 0.2) is 22.1 Å². The topological polar surface area (TPSA) is 67.9 Å². The first-order valence-corrected chi connectivity index (χ1v) is 6.42. The summed E-state index contributed by atoms with van der Waals surface area (Å²) in [6.45, 7) is 0. The van der Waals surface area contributed by atoms with Gasteiger partial charge in [0.25, 0.3) is 5.69 Å². The summed E-state index contributed by atoms with van der Waals surface area (Å²) in [5.74, 6) is 0. The van der Waals surface area contributed by atoms with Gasteiger partial charge in [0.15, 0.2) is 11.0 Å². The molecule has 0 amide bonds. The first-order chi connectivity index (χ1) is 8.61. The molecule has 0 N–H and O–H groups in total. The van der Waals surface area contributed by atoms with Crippen LogP contribution in [0.25, 0.3) is 0 Å². The number of nitro groups is 1. The summed E-state index contributed by atoms with van der Waals surface area (Å²) in [5, 5.41) is 12.3. The Morgan fingerprint density at radius 3 is 2.50 bits per heavy atom.